The van der Waals surface area contributed by atoms with Crippen molar-refractivity contribution in [3.63, 3.8) is 0 Å². The summed E-state index contributed by atoms with van der Waals surface area (Å²) in [6.45, 7) is -1.47. The number of rotatable bonds is 6. The fraction of sp³-hybridized carbons (Fsp3) is 0.154. The number of halogens is 7. The second-order valence-electron chi connectivity index (χ2n) is 7.70. The van der Waals surface area contributed by atoms with Crippen molar-refractivity contribution in [1.82, 2.24) is 0 Å². The van der Waals surface area contributed by atoms with E-state index in [4.69, 9.17) is 0 Å². The standard InChI is InChI=1S/C26H17F7O/c1-2-3-13-4-6-17-14(8-13)5-7-18(24(17)31)15-9-19(27)23(20(28)10-15)16-11-21(29)25(22(30)12-16)34-26(32)33/h4-12,26H,2-3H2,1H3. The molecule has 34 heavy (non-hydrogen) atoms. The second kappa shape index (κ2) is 9.37. The monoisotopic (exact) mass is 478 g/mol. The molecule has 0 saturated heterocycles. The highest BCUT2D eigenvalue weighted by Crippen LogP contribution is 2.36. The van der Waals surface area contributed by atoms with Crippen LogP contribution in [-0.2, 0) is 6.42 Å². The summed E-state index contributed by atoms with van der Waals surface area (Å²) in [6.07, 6.45) is 1.75. The van der Waals surface area contributed by atoms with E-state index in [9.17, 15) is 26.3 Å². The molecule has 0 amide bonds. The highest BCUT2D eigenvalue weighted by atomic mass is 19.3. The molecule has 0 atom stereocenters. The van der Waals surface area contributed by atoms with Gasteiger partial charge in [0.25, 0.3) is 0 Å². The van der Waals surface area contributed by atoms with Gasteiger partial charge in [-0.2, -0.15) is 8.78 Å². The van der Waals surface area contributed by atoms with Crippen LogP contribution in [-0.4, -0.2) is 6.61 Å². The molecule has 0 unspecified atom stereocenters. The van der Waals surface area contributed by atoms with E-state index >= 15 is 4.39 Å². The molecule has 0 radical (unpaired) electrons. The molecule has 0 aliphatic heterocycles. The van der Waals surface area contributed by atoms with Gasteiger partial charge in [0.15, 0.2) is 17.4 Å². The van der Waals surface area contributed by atoms with E-state index in [-0.39, 0.29) is 16.5 Å². The number of fused-ring (bicyclic) bond motifs is 1. The first-order valence-electron chi connectivity index (χ1n) is 10.3. The molecule has 4 rings (SSSR count). The Balaban J connectivity index is 1.77. The van der Waals surface area contributed by atoms with Gasteiger partial charge in [0, 0.05) is 10.9 Å². The molecular weight excluding hydrogens is 461 g/mol. The summed E-state index contributed by atoms with van der Waals surface area (Å²) in [5, 5.41) is 0.919. The predicted molar refractivity (Wildman–Crippen MR) is 115 cm³/mol. The van der Waals surface area contributed by atoms with Crippen molar-refractivity contribution in [1.29, 1.82) is 0 Å². The number of hydrogen-bond acceptors (Lipinski definition) is 1. The maximum Gasteiger partial charge on any atom is 0.387 e. The third kappa shape index (κ3) is 4.44. The smallest absolute Gasteiger partial charge is 0.387 e. The fourth-order valence-corrected chi connectivity index (χ4v) is 3.92. The van der Waals surface area contributed by atoms with Gasteiger partial charge < -0.3 is 4.74 Å². The number of aryl methyl sites for hydroxylation is 1. The van der Waals surface area contributed by atoms with Crippen LogP contribution >= 0.6 is 0 Å². The van der Waals surface area contributed by atoms with Crippen molar-refractivity contribution in [3.8, 4) is 28.0 Å². The summed E-state index contributed by atoms with van der Waals surface area (Å²) in [5.41, 5.74) is -0.503. The minimum atomic E-state index is -3.49. The van der Waals surface area contributed by atoms with Crippen molar-refractivity contribution in [2.75, 3.05) is 0 Å². The lowest BCUT2D eigenvalue weighted by molar-refractivity contribution is -0.0546. The lowest BCUT2D eigenvalue weighted by atomic mass is 9.95. The van der Waals surface area contributed by atoms with Gasteiger partial charge in [-0.15, -0.1) is 0 Å². The van der Waals surface area contributed by atoms with E-state index < -0.39 is 52.6 Å². The molecule has 176 valence electrons. The molecule has 0 aliphatic carbocycles. The SMILES string of the molecule is CCCc1ccc2c(F)c(-c3cc(F)c(-c4cc(F)c(OC(F)F)c(F)c4)c(F)c3)ccc2c1. The van der Waals surface area contributed by atoms with Gasteiger partial charge >= 0.3 is 6.61 Å². The van der Waals surface area contributed by atoms with Crippen LogP contribution in [0.3, 0.4) is 0 Å². The van der Waals surface area contributed by atoms with Crippen LogP contribution in [0.2, 0.25) is 0 Å². The number of alkyl halides is 2. The zero-order valence-electron chi connectivity index (χ0n) is 17.7. The van der Waals surface area contributed by atoms with E-state index in [0.29, 0.717) is 17.5 Å². The predicted octanol–water partition coefficient (Wildman–Crippen LogP) is 8.42. The quantitative estimate of drug-likeness (QED) is 0.253. The van der Waals surface area contributed by atoms with Crippen molar-refractivity contribution >= 4 is 10.8 Å². The van der Waals surface area contributed by atoms with Crippen LogP contribution in [0.15, 0.2) is 54.6 Å². The summed E-state index contributed by atoms with van der Waals surface area (Å²) in [6, 6.07) is 10.9. The molecule has 4 aromatic carbocycles. The van der Waals surface area contributed by atoms with E-state index in [1.165, 1.54) is 6.07 Å². The first-order valence-corrected chi connectivity index (χ1v) is 10.3. The Morgan fingerprint density at radius 2 is 1.35 bits per heavy atom. The van der Waals surface area contributed by atoms with Crippen LogP contribution < -0.4 is 4.74 Å². The topological polar surface area (TPSA) is 9.23 Å². The minimum absolute atomic E-state index is 0.0573. The molecule has 0 heterocycles. The molecule has 8 heteroatoms. The van der Waals surface area contributed by atoms with Crippen molar-refractivity contribution in [2.45, 2.75) is 26.4 Å². The Morgan fingerprint density at radius 1 is 0.735 bits per heavy atom. The normalized spacial score (nSPS) is 11.4. The Morgan fingerprint density at radius 3 is 1.94 bits per heavy atom. The number of ether oxygens (including phenoxy) is 1. The summed E-state index contributed by atoms with van der Waals surface area (Å²) in [7, 11) is 0. The second-order valence-corrected chi connectivity index (χ2v) is 7.70. The van der Waals surface area contributed by atoms with Crippen LogP contribution in [0.25, 0.3) is 33.0 Å². The van der Waals surface area contributed by atoms with Crippen molar-refractivity contribution in [2.24, 2.45) is 0 Å². The third-order valence-electron chi connectivity index (χ3n) is 5.40. The number of benzene rings is 4. The van der Waals surface area contributed by atoms with Crippen LogP contribution in [0.1, 0.15) is 18.9 Å². The van der Waals surface area contributed by atoms with E-state index in [2.05, 4.69) is 4.74 Å². The zero-order chi connectivity index (χ0) is 24.6. The third-order valence-corrected chi connectivity index (χ3v) is 5.40. The molecule has 0 saturated carbocycles. The average molecular weight is 478 g/mol. The number of hydrogen-bond donors (Lipinski definition) is 0. The summed E-state index contributed by atoms with van der Waals surface area (Å²) >= 11 is 0. The van der Waals surface area contributed by atoms with Crippen LogP contribution in [0.4, 0.5) is 30.7 Å². The van der Waals surface area contributed by atoms with E-state index in [1.807, 2.05) is 13.0 Å². The highest BCUT2D eigenvalue weighted by Gasteiger charge is 2.22. The van der Waals surface area contributed by atoms with Crippen molar-refractivity contribution < 1.29 is 35.5 Å². The maximum atomic E-state index is 15.2. The van der Waals surface area contributed by atoms with E-state index in [1.54, 1.807) is 18.2 Å². The van der Waals surface area contributed by atoms with Gasteiger partial charge in [0.05, 0.1) is 5.56 Å². The Labute approximate surface area is 190 Å². The largest absolute Gasteiger partial charge is 0.429 e. The van der Waals surface area contributed by atoms with E-state index in [0.717, 1.165) is 30.5 Å². The fourth-order valence-electron chi connectivity index (χ4n) is 3.92. The molecule has 0 bridgehead atoms. The molecule has 0 N–H and O–H groups in total. The van der Waals surface area contributed by atoms with Crippen molar-refractivity contribution in [3.05, 3.63) is 89.2 Å². The molecule has 1 nitrogen and oxygen atoms in total. The summed E-state index contributed by atoms with van der Waals surface area (Å²) in [5.74, 6) is -7.57. The molecule has 0 fully saturated rings. The van der Waals surface area contributed by atoms with Crippen LogP contribution in [0.5, 0.6) is 5.75 Å². The first-order chi connectivity index (χ1) is 16.2. The molecular formula is C26H17F7O. The minimum Gasteiger partial charge on any atom is -0.429 e. The van der Waals surface area contributed by atoms with Gasteiger partial charge in [-0.05, 0) is 52.8 Å². The van der Waals surface area contributed by atoms with Gasteiger partial charge in [0.2, 0.25) is 0 Å². The highest BCUT2D eigenvalue weighted by molar-refractivity contribution is 5.89. The Kier molecular flexibility index (Phi) is 6.50. The molecule has 0 aromatic heterocycles. The average Bonchev–Trinajstić information content (AvgIpc) is 2.76. The molecule has 0 aliphatic rings. The molecule has 0 spiro atoms. The maximum absolute atomic E-state index is 15.2. The van der Waals surface area contributed by atoms with Gasteiger partial charge in [0.1, 0.15) is 17.5 Å². The molecule has 4 aromatic rings. The zero-order valence-corrected chi connectivity index (χ0v) is 17.7. The van der Waals surface area contributed by atoms with Gasteiger partial charge in [-0.25, -0.2) is 22.0 Å². The lowest BCUT2D eigenvalue weighted by Gasteiger charge is -2.13. The van der Waals surface area contributed by atoms with Crippen LogP contribution in [0, 0.1) is 29.1 Å². The van der Waals surface area contributed by atoms with Gasteiger partial charge in [-0.3, -0.25) is 0 Å². The Bertz CT molecular complexity index is 1340. The Hall–Kier alpha value is -3.55. The summed E-state index contributed by atoms with van der Waals surface area (Å²) in [4.78, 5) is 0. The first kappa shape index (κ1) is 23.6. The lowest BCUT2D eigenvalue weighted by Crippen LogP contribution is -2.06. The summed E-state index contributed by atoms with van der Waals surface area (Å²) < 4.78 is 101. The van der Waals surface area contributed by atoms with Gasteiger partial charge in [-0.1, -0.05) is 43.7 Å².